The van der Waals surface area contributed by atoms with Crippen molar-refractivity contribution < 1.29 is 14.3 Å². The van der Waals surface area contributed by atoms with E-state index in [1.54, 1.807) is 19.4 Å². The first-order chi connectivity index (χ1) is 11.3. The number of alkyl carbamates (subject to hydrolysis) is 1. The summed E-state index contributed by atoms with van der Waals surface area (Å²) in [5, 5.41) is 2.88. The summed E-state index contributed by atoms with van der Waals surface area (Å²) >= 11 is 0. The van der Waals surface area contributed by atoms with Crippen LogP contribution < -0.4 is 15.0 Å². The molecule has 7 nitrogen and oxygen atoms in total. The molecule has 134 valence electrons. The van der Waals surface area contributed by atoms with Crippen molar-refractivity contribution in [1.82, 2.24) is 15.3 Å². The van der Waals surface area contributed by atoms with E-state index in [0.29, 0.717) is 24.3 Å². The molecular formula is C17H28N4O3. The maximum absolute atomic E-state index is 11.9. The quantitative estimate of drug-likeness (QED) is 0.911. The summed E-state index contributed by atoms with van der Waals surface area (Å²) in [7, 11) is 1.59. The predicted molar refractivity (Wildman–Crippen MR) is 92.4 cm³/mol. The minimum atomic E-state index is -0.502. The van der Waals surface area contributed by atoms with Gasteiger partial charge in [0.1, 0.15) is 5.60 Å². The molecule has 2 rings (SSSR count). The number of hydrogen-bond acceptors (Lipinski definition) is 6. The van der Waals surface area contributed by atoms with Crippen LogP contribution in [0.3, 0.4) is 0 Å². The van der Waals surface area contributed by atoms with Gasteiger partial charge < -0.3 is 19.7 Å². The maximum atomic E-state index is 11.9. The Morgan fingerprint density at radius 1 is 1.46 bits per heavy atom. The number of amides is 1. The molecular weight excluding hydrogens is 308 g/mol. The zero-order valence-corrected chi connectivity index (χ0v) is 15.2. The van der Waals surface area contributed by atoms with Gasteiger partial charge in [0, 0.05) is 25.4 Å². The molecule has 0 bridgehead atoms. The van der Waals surface area contributed by atoms with Crippen molar-refractivity contribution >= 4 is 12.0 Å². The van der Waals surface area contributed by atoms with Crippen molar-refractivity contribution in [2.45, 2.75) is 52.2 Å². The van der Waals surface area contributed by atoms with Gasteiger partial charge in [0.2, 0.25) is 11.8 Å². The van der Waals surface area contributed by atoms with Gasteiger partial charge in [-0.3, -0.25) is 0 Å². The summed E-state index contributed by atoms with van der Waals surface area (Å²) in [6.07, 6.45) is 3.48. The van der Waals surface area contributed by atoms with Crippen molar-refractivity contribution in [3.8, 4) is 5.88 Å². The molecule has 24 heavy (non-hydrogen) atoms. The van der Waals surface area contributed by atoms with E-state index >= 15 is 0 Å². The smallest absolute Gasteiger partial charge is 0.407 e. The largest absolute Gasteiger partial charge is 0.481 e. The standard InChI is InChI=1S/C17H28N4O3/c1-12-7-6-10-21(15-18-9-8-14(20-15)23-5)13(12)11-19-16(22)24-17(2,3)4/h8-9,12-13H,6-7,10-11H2,1-5H3,(H,19,22). The van der Waals surface area contributed by atoms with Gasteiger partial charge in [0.15, 0.2) is 0 Å². The highest BCUT2D eigenvalue weighted by Gasteiger charge is 2.31. The summed E-state index contributed by atoms with van der Waals surface area (Å²) in [4.78, 5) is 22.9. The molecule has 1 N–H and O–H groups in total. The van der Waals surface area contributed by atoms with Gasteiger partial charge in [-0.15, -0.1) is 0 Å². The Hall–Kier alpha value is -2.05. The van der Waals surface area contributed by atoms with Crippen molar-refractivity contribution in [3.05, 3.63) is 12.3 Å². The van der Waals surface area contributed by atoms with E-state index in [-0.39, 0.29) is 6.04 Å². The molecule has 1 amide bonds. The minimum Gasteiger partial charge on any atom is -0.481 e. The number of hydrogen-bond donors (Lipinski definition) is 1. The zero-order chi connectivity index (χ0) is 17.7. The zero-order valence-electron chi connectivity index (χ0n) is 15.2. The Kier molecular flexibility index (Phi) is 5.85. The first-order valence-electron chi connectivity index (χ1n) is 8.40. The average Bonchev–Trinajstić information content (AvgIpc) is 2.52. The molecule has 7 heteroatoms. The number of rotatable bonds is 4. The van der Waals surface area contributed by atoms with Gasteiger partial charge >= 0.3 is 6.09 Å². The van der Waals surface area contributed by atoms with Crippen LogP contribution in [0.2, 0.25) is 0 Å². The molecule has 0 radical (unpaired) electrons. The van der Waals surface area contributed by atoms with E-state index in [9.17, 15) is 4.79 Å². The van der Waals surface area contributed by atoms with Crippen LogP contribution in [0.25, 0.3) is 0 Å². The summed E-state index contributed by atoms with van der Waals surface area (Å²) in [5.41, 5.74) is -0.502. The van der Waals surface area contributed by atoms with Crippen molar-refractivity contribution in [2.24, 2.45) is 5.92 Å². The molecule has 0 saturated carbocycles. The fourth-order valence-electron chi connectivity index (χ4n) is 2.90. The molecule has 1 aliphatic heterocycles. The lowest BCUT2D eigenvalue weighted by atomic mass is 9.91. The third-order valence-electron chi connectivity index (χ3n) is 4.05. The second kappa shape index (κ2) is 7.68. The highest BCUT2D eigenvalue weighted by Crippen LogP contribution is 2.27. The lowest BCUT2D eigenvalue weighted by Crippen LogP contribution is -2.52. The Labute approximate surface area is 143 Å². The molecule has 1 saturated heterocycles. The van der Waals surface area contributed by atoms with E-state index in [4.69, 9.17) is 9.47 Å². The van der Waals surface area contributed by atoms with Crippen LogP contribution in [-0.4, -0.2) is 47.9 Å². The fourth-order valence-corrected chi connectivity index (χ4v) is 2.90. The number of anilines is 1. The highest BCUT2D eigenvalue weighted by atomic mass is 16.6. The van der Waals surface area contributed by atoms with Crippen LogP contribution in [0.15, 0.2) is 12.3 Å². The SMILES string of the molecule is COc1ccnc(N2CCCC(C)C2CNC(=O)OC(C)(C)C)n1. The van der Waals surface area contributed by atoms with Crippen LogP contribution in [0.4, 0.5) is 10.7 Å². The normalized spacial score (nSPS) is 21.3. The number of nitrogens with one attached hydrogen (secondary N) is 1. The maximum Gasteiger partial charge on any atom is 0.407 e. The number of ether oxygens (including phenoxy) is 2. The molecule has 0 aliphatic carbocycles. The number of carbonyl (C=O) groups excluding carboxylic acids is 1. The van der Waals surface area contributed by atoms with Gasteiger partial charge in [-0.1, -0.05) is 6.92 Å². The molecule has 2 unspecified atom stereocenters. The number of methoxy groups -OCH3 is 1. The summed E-state index contributed by atoms with van der Waals surface area (Å²) in [5.74, 6) is 1.59. The van der Waals surface area contributed by atoms with Crippen molar-refractivity contribution in [2.75, 3.05) is 25.1 Å². The van der Waals surface area contributed by atoms with Crippen LogP contribution >= 0.6 is 0 Å². The minimum absolute atomic E-state index is 0.123. The molecule has 1 aromatic heterocycles. The first kappa shape index (κ1) is 18.3. The Balaban J connectivity index is 2.07. The molecule has 1 aliphatic rings. The van der Waals surface area contributed by atoms with E-state index in [1.807, 2.05) is 20.8 Å². The highest BCUT2D eigenvalue weighted by molar-refractivity contribution is 5.67. The van der Waals surface area contributed by atoms with Gasteiger partial charge in [0.25, 0.3) is 0 Å². The van der Waals surface area contributed by atoms with Gasteiger partial charge in [-0.2, -0.15) is 4.98 Å². The van der Waals surface area contributed by atoms with E-state index < -0.39 is 11.7 Å². The second-order valence-corrected chi connectivity index (χ2v) is 7.16. The molecule has 1 fully saturated rings. The van der Waals surface area contributed by atoms with Gasteiger partial charge in [0.05, 0.1) is 13.2 Å². The lowest BCUT2D eigenvalue weighted by molar-refractivity contribution is 0.0519. The van der Waals surface area contributed by atoms with Crippen molar-refractivity contribution in [3.63, 3.8) is 0 Å². The predicted octanol–water partition coefficient (Wildman–Crippen LogP) is 2.61. The number of carbonyl (C=O) groups is 1. The van der Waals surface area contributed by atoms with Gasteiger partial charge in [-0.25, -0.2) is 9.78 Å². The van der Waals surface area contributed by atoms with Crippen LogP contribution in [0, 0.1) is 5.92 Å². The Bertz CT molecular complexity index is 559. The molecule has 1 aromatic rings. The third-order valence-corrected chi connectivity index (χ3v) is 4.05. The number of nitrogens with zero attached hydrogens (tertiary/aromatic N) is 3. The molecule has 2 heterocycles. The Morgan fingerprint density at radius 2 is 2.21 bits per heavy atom. The lowest BCUT2D eigenvalue weighted by Gasteiger charge is -2.40. The monoisotopic (exact) mass is 336 g/mol. The molecule has 0 spiro atoms. The number of piperidine rings is 1. The molecule has 0 aromatic carbocycles. The van der Waals surface area contributed by atoms with E-state index in [1.165, 1.54) is 0 Å². The Morgan fingerprint density at radius 3 is 2.88 bits per heavy atom. The van der Waals surface area contributed by atoms with Crippen LogP contribution in [-0.2, 0) is 4.74 Å². The summed E-state index contributed by atoms with van der Waals surface area (Å²) in [6, 6.07) is 1.85. The summed E-state index contributed by atoms with van der Waals surface area (Å²) in [6.45, 7) is 9.10. The van der Waals surface area contributed by atoms with Crippen LogP contribution in [0.5, 0.6) is 5.88 Å². The van der Waals surface area contributed by atoms with Gasteiger partial charge in [-0.05, 0) is 39.5 Å². The van der Waals surface area contributed by atoms with E-state index in [2.05, 4.69) is 27.1 Å². The fraction of sp³-hybridized carbons (Fsp3) is 0.706. The van der Waals surface area contributed by atoms with Crippen molar-refractivity contribution in [1.29, 1.82) is 0 Å². The van der Waals surface area contributed by atoms with E-state index in [0.717, 1.165) is 19.4 Å². The topological polar surface area (TPSA) is 76.6 Å². The summed E-state index contributed by atoms with van der Waals surface area (Å²) < 4.78 is 10.5. The first-order valence-corrected chi connectivity index (χ1v) is 8.40. The molecule has 2 atom stereocenters. The van der Waals surface area contributed by atoms with Crippen LogP contribution in [0.1, 0.15) is 40.5 Å². The average molecular weight is 336 g/mol. The third kappa shape index (κ3) is 4.97. The second-order valence-electron chi connectivity index (χ2n) is 7.16. The number of aromatic nitrogens is 2.